The number of sulfonamides is 1. The largest absolute Gasteiger partial charge is 0.256 e. The van der Waals surface area contributed by atoms with Gasteiger partial charge in [0.25, 0.3) is 5.95 Å². The molecule has 6 nitrogen and oxygen atoms in total. The lowest BCUT2D eigenvalue weighted by molar-refractivity contribution is 0.595. The van der Waals surface area contributed by atoms with E-state index < -0.39 is 10.0 Å². The maximum Gasteiger partial charge on any atom is 0.256 e. The van der Waals surface area contributed by atoms with Gasteiger partial charge >= 0.3 is 0 Å². The first-order valence-corrected chi connectivity index (χ1v) is 8.25. The van der Waals surface area contributed by atoms with Gasteiger partial charge < -0.3 is 0 Å². The fourth-order valence-corrected chi connectivity index (χ4v) is 3.05. The van der Waals surface area contributed by atoms with Crippen molar-refractivity contribution in [2.24, 2.45) is 5.92 Å². The molecule has 0 spiro atoms. The monoisotopic (exact) mass is 292 g/mol. The zero-order chi connectivity index (χ0) is 14.0. The van der Waals surface area contributed by atoms with Gasteiger partial charge in [-0.1, -0.05) is 31.0 Å². The Morgan fingerprint density at radius 2 is 2.00 bits per heavy atom. The SMILES string of the molecule is O=S(=O)(CCC1CC1)Nc1ncn(-c2ccccc2)n1. The molecule has 1 aliphatic carbocycles. The Morgan fingerprint density at radius 3 is 2.70 bits per heavy atom. The Morgan fingerprint density at radius 1 is 1.25 bits per heavy atom. The third-order valence-electron chi connectivity index (χ3n) is 3.25. The lowest BCUT2D eigenvalue weighted by Gasteiger charge is -2.03. The van der Waals surface area contributed by atoms with Gasteiger partial charge in [-0.25, -0.2) is 17.8 Å². The molecule has 7 heteroatoms. The zero-order valence-corrected chi connectivity index (χ0v) is 11.8. The average molecular weight is 292 g/mol. The van der Waals surface area contributed by atoms with E-state index in [2.05, 4.69) is 14.8 Å². The van der Waals surface area contributed by atoms with Crippen LogP contribution in [0.4, 0.5) is 5.95 Å². The van der Waals surface area contributed by atoms with E-state index in [9.17, 15) is 8.42 Å². The van der Waals surface area contributed by atoms with Gasteiger partial charge in [0, 0.05) is 0 Å². The topological polar surface area (TPSA) is 76.9 Å². The van der Waals surface area contributed by atoms with Crippen molar-refractivity contribution in [3.8, 4) is 5.69 Å². The summed E-state index contributed by atoms with van der Waals surface area (Å²) in [7, 11) is -3.35. The number of hydrogen-bond donors (Lipinski definition) is 1. The van der Waals surface area contributed by atoms with Crippen LogP contribution >= 0.6 is 0 Å². The molecule has 1 aromatic heterocycles. The number of para-hydroxylation sites is 1. The van der Waals surface area contributed by atoms with E-state index in [0.29, 0.717) is 12.3 Å². The highest BCUT2D eigenvalue weighted by Gasteiger charge is 2.24. The van der Waals surface area contributed by atoms with Crippen LogP contribution in [-0.4, -0.2) is 28.9 Å². The van der Waals surface area contributed by atoms with Gasteiger partial charge in [-0.3, -0.25) is 0 Å². The molecule has 1 N–H and O–H groups in total. The molecule has 20 heavy (non-hydrogen) atoms. The van der Waals surface area contributed by atoms with Crippen LogP contribution in [0.5, 0.6) is 0 Å². The normalized spacial score (nSPS) is 15.2. The van der Waals surface area contributed by atoms with E-state index in [4.69, 9.17) is 0 Å². The van der Waals surface area contributed by atoms with Crippen LogP contribution < -0.4 is 4.72 Å². The molecule has 0 unspecified atom stereocenters. The summed E-state index contributed by atoms with van der Waals surface area (Å²) in [6, 6.07) is 9.43. The summed E-state index contributed by atoms with van der Waals surface area (Å²) in [5.74, 6) is 0.837. The van der Waals surface area contributed by atoms with Crippen LogP contribution in [0.1, 0.15) is 19.3 Å². The predicted octanol–water partition coefficient (Wildman–Crippen LogP) is 1.81. The van der Waals surface area contributed by atoms with E-state index in [1.54, 1.807) is 4.68 Å². The second kappa shape index (κ2) is 5.24. The number of anilines is 1. The van der Waals surface area contributed by atoms with E-state index in [0.717, 1.165) is 18.5 Å². The predicted molar refractivity (Wildman–Crippen MR) is 76.1 cm³/mol. The highest BCUT2D eigenvalue weighted by molar-refractivity contribution is 7.92. The summed E-state index contributed by atoms with van der Waals surface area (Å²) < 4.78 is 27.7. The third-order valence-corrected chi connectivity index (χ3v) is 4.52. The van der Waals surface area contributed by atoms with E-state index >= 15 is 0 Å². The van der Waals surface area contributed by atoms with Gasteiger partial charge in [-0.05, 0) is 24.5 Å². The van der Waals surface area contributed by atoms with E-state index in [1.807, 2.05) is 30.3 Å². The Labute approximate surface area is 117 Å². The van der Waals surface area contributed by atoms with Gasteiger partial charge in [0.1, 0.15) is 6.33 Å². The molecular weight excluding hydrogens is 276 g/mol. The highest BCUT2D eigenvalue weighted by Crippen LogP contribution is 2.32. The molecule has 1 fully saturated rings. The molecule has 1 saturated carbocycles. The number of hydrogen-bond acceptors (Lipinski definition) is 4. The Kier molecular flexibility index (Phi) is 3.43. The fourth-order valence-electron chi connectivity index (χ4n) is 1.93. The van der Waals surface area contributed by atoms with Gasteiger partial charge in [-0.15, -0.1) is 5.10 Å². The first-order valence-electron chi connectivity index (χ1n) is 6.60. The van der Waals surface area contributed by atoms with Crippen molar-refractivity contribution >= 4 is 16.0 Å². The Hall–Kier alpha value is -1.89. The van der Waals surface area contributed by atoms with Crippen molar-refractivity contribution in [1.29, 1.82) is 0 Å². The molecule has 0 atom stereocenters. The van der Waals surface area contributed by atoms with Crippen molar-refractivity contribution in [3.05, 3.63) is 36.7 Å². The summed E-state index contributed by atoms with van der Waals surface area (Å²) in [4.78, 5) is 3.98. The maximum absolute atomic E-state index is 11.9. The molecule has 1 aliphatic rings. The highest BCUT2D eigenvalue weighted by atomic mass is 32.2. The second-order valence-electron chi connectivity index (χ2n) is 5.00. The molecule has 0 bridgehead atoms. The molecular formula is C13H16N4O2S. The van der Waals surface area contributed by atoms with Crippen molar-refractivity contribution in [1.82, 2.24) is 14.8 Å². The van der Waals surface area contributed by atoms with Crippen molar-refractivity contribution in [2.45, 2.75) is 19.3 Å². The van der Waals surface area contributed by atoms with E-state index in [-0.39, 0.29) is 11.7 Å². The first-order chi connectivity index (χ1) is 9.62. The van der Waals surface area contributed by atoms with Gasteiger partial charge in [-0.2, -0.15) is 4.98 Å². The van der Waals surface area contributed by atoms with Crippen LogP contribution in [-0.2, 0) is 10.0 Å². The summed E-state index contributed by atoms with van der Waals surface area (Å²) in [5, 5.41) is 4.12. The minimum atomic E-state index is -3.35. The molecule has 0 amide bonds. The molecule has 106 valence electrons. The molecule has 0 saturated heterocycles. The zero-order valence-electron chi connectivity index (χ0n) is 10.9. The third kappa shape index (κ3) is 3.36. The Balaban J connectivity index is 1.67. The average Bonchev–Trinajstić information content (AvgIpc) is 3.17. The smallest absolute Gasteiger partial charge is 0.250 e. The minimum Gasteiger partial charge on any atom is -0.250 e. The van der Waals surface area contributed by atoms with Crippen LogP contribution in [0.2, 0.25) is 0 Å². The molecule has 0 radical (unpaired) electrons. The molecule has 1 aromatic carbocycles. The van der Waals surface area contributed by atoms with Crippen molar-refractivity contribution < 1.29 is 8.42 Å². The summed E-state index contributed by atoms with van der Waals surface area (Å²) >= 11 is 0. The second-order valence-corrected chi connectivity index (χ2v) is 6.84. The lowest BCUT2D eigenvalue weighted by atomic mass is 10.3. The van der Waals surface area contributed by atoms with Crippen LogP contribution in [0, 0.1) is 5.92 Å². The first kappa shape index (κ1) is 13.1. The molecule has 2 aromatic rings. The molecule has 3 rings (SSSR count). The number of benzene rings is 1. The number of rotatable bonds is 6. The Bertz CT molecular complexity index is 677. The van der Waals surface area contributed by atoms with Crippen molar-refractivity contribution in [3.63, 3.8) is 0 Å². The quantitative estimate of drug-likeness (QED) is 0.881. The van der Waals surface area contributed by atoms with E-state index in [1.165, 1.54) is 6.33 Å². The van der Waals surface area contributed by atoms with Crippen LogP contribution in [0.3, 0.4) is 0 Å². The number of nitrogens with one attached hydrogen (secondary N) is 1. The standard InChI is InChI=1S/C13H16N4O2S/c18-20(19,9-8-11-6-7-11)16-13-14-10-17(15-13)12-4-2-1-3-5-12/h1-5,10-11H,6-9H2,(H,15,16). The molecule has 0 aliphatic heterocycles. The van der Waals surface area contributed by atoms with Gasteiger partial charge in [0.2, 0.25) is 10.0 Å². The van der Waals surface area contributed by atoms with Crippen molar-refractivity contribution in [2.75, 3.05) is 10.5 Å². The summed E-state index contributed by atoms with van der Waals surface area (Å²) in [5.41, 5.74) is 0.837. The van der Waals surface area contributed by atoms with Gasteiger partial charge in [0.15, 0.2) is 0 Å². The fraction of sp³-hybridized carbons (Fsp3) is 0.385. The lowest BCUT2D eigenvalue weighted by Crippen LogP contribution is -2.18. The number of aromatic nitrogens is 3. The molecule has 1 heterocycles. The maximum atomic E-state index is 11.9. The number of nitrogens with zero attached hydrogens (tertiary/aromatic N) is 3. The summed E-state index contributed by atoms with van der Waals surface area (Å²) in [6.07, 6.45) is 4.51. The van der Waals surface area contributed by atoms with Gasteiger partial charge in [0.05, 0.1) is 11.4 Å². The van der Waals surface area contributed by atoms with Crippen LogP contribution in [0.25, 0.3) is 5.69 Å². The summed E-state index contributed by atoms with van der Waals surface area (Å²) in [6.45, 7) is 0. The minimum absolute atomic E-state index is 0.115. The van der Waals surface area contributed by atoms with Crippen LogP contribution in [0.15, 0.2) is 36.7 Å².